The number of carbonyl (C=O) groups is 2. The number of nitrogens with zero attached hydrogens (tertiary/aromatic N) is 1. The van der Waals surface area contributed by atoms with Gasteiger partial charge < -0.3 is 15.7 Å². The van der Waals surface area contributed by atoms with E-state index in [4.69, 9.17) is 0 Å². The van der Waals surface area contributed by atoms with Crippen molar-refractivity contribution in [2.75, 3.05) is 19.6 Å². The van der Waals surface area contributed by atoms with Crippen LogP contribution in [0.15, 0.2) is 18.2 Å². The summed E-state index contributed by atoms with van der Waals surface area (Å²) in [6.45, 7) is 0.946. The SMILES string of the molecule is O=C(CNC(=O)c1cc(F)cc(C(F)(F)F)c1)NC1CN(C2CCC(O)CC2)C1. The van der Waals surface area contributed by atoms with Gasteiger partial charge in [0.2, 0.25) is 5.91 Å². The number of carbonyl (C=O) groups excluding carboxylic acids is 2. The number of aliphatic hydroxyl groups excluding tert-OH is 1. The highest BCUT2D eigenvalue weighted by atomic mass is 19.4. The Morgan fingerprint density at radius 2 is 1.76 bits per heavy atom. The fraction of sp³-hybridized carbons (Fsp3) is 0.579. The molecule has 10 heteroatoms. The Balaban J connectivity index is 1.42. The highest BCUT2D eigenvalue weighted by Crippen LogP contribution is 2.30. The molecule has 1 aliphatic heterocycles. The van der Waals surface area contributed by atoms with Crippen molar-refractivity contribution in [2.24, 2.45) is 0 Å². The molecular formula is C19H23F4N3O3. The van der Waals surface area contributed by atoms with Gasteiger partial charge in [-0.1, -0.05) is 0 Å². The van der Waals surface area contributed by atoms with Gasteiger partial charge in [0.25, 0.3) is 5.91 Å². The van der Waals surface area contributed by atoms with Crippen LogP contribution >= 0.6 is 0 Å². The number of benzene rings is 1. The fourth-order valence-electron chi connectivity index (χ4n) is 3.75. The van der Waals surface area contributed by atoms with Gasteiger partial charge in [0.15, 0.2) is 0 Å². The first-order valence-corrected chi connectivity index (χ1v) is 9.49. The summed E-state index contributed by atoms with van der Waals surface area (Å²) in [4.78, 5) is 26.2. The van der Waals surface area contributed by atoms with Gasteiger partial charge in [-0.3, -0.25) is 14.5 Å². The van der Waals surface area contributed by atoms with Crippen molar-refractivity contribution in [1.29, 1.82) is 0 Å². The molecule has 0 atom stereocenters. The lowest BCUT2D eigenvalue weighted by Crippen LogP contribution is -2.63. The first-order chi connectivity index (χ1) is 13.6. The zero-order valence-electron chi connectivity index (χ0n) is 15.6. The van der Waals surface area contributed by atoms with Crippen molar-refractivity contribution >= 4 is 11.8 Å². The van der Waals surface area contributed by atoms with Crippen molar-refractivity contribution in [2.45, 2.75) is 50.0 Å². The summed E-state index contributed by atoms with van der Waals surface area (Å²) in [5.74, 6) is -2.60. The van der Waals surface area contributed by atoms with E-state index in [-0.39, 0.29) is 12.1 Å². The molecule has 1 aromatic rings. The van der Waals surface area contributed by atoms with Gasteiger partial charge in [0.05, 0.1) is 24.3 Å². The van der Waals surface area contributed by atoms with Gasteiger partial charge in [0.1, 0.15) is 5.82 Å². The number of aliphatic hydroxyl groups is 1. The Morgan fingerprint density at radius 1 is 1.10 bits per heavy atom. The van der Waals surface area contributed by atoms with E-state index in [1.54, 1.807) is 0 Å². The van der Waals surface area contributed by atoms with Crippen LogP contribution in [0.25, 0.3) is 0 Å². The highest BCUT2D eigenvalue weighted by Gasteiger charge is 2.35. The van der Waals surface area contributed by atoms with Crippen LogP contribution in [0.3, 0.4) is 0 Å². The van der Waals surface area contributed by atoms with Crippen LogP contribution in [-0.2, 0) is 11.0 Å². The van der Waals surface area contributed by atoms with E-state index in [1.165, 1.54) is 0 Å². The Kier molecular flexibility index (Phi) is 6.42. The molecule has 0 spiro atoms. The number of amides is 2. The highest BCUT2D eigenvalue weighted by molar-refractivity contribution is 5.96. The number of rotatable bonds is 5. The minimum absolute atomic E-state index is 0.0581. The zero-order chi connectivity index (χ0) is 21.2. The molecule has 1 saturated heterocycles. The van der Waals surface area contributed by atoms with Gasteiger partial charge >= 0.3 is 6.18 Å². The Hall–Kier alpha value is -2.20. The topological polar surface area (TPSA) is 81.7 Å². The fourth-order valence-corrected chi connectivity index (χ4v) is 3.75. The number of alkyl halides is 3. The summed E-state index contributed by atoms with van der Waals surface area (Å²) in [6.07, 6.45) is -1.60. The molecule has 29 heavy (non-hydrogen) atoms. The van der Waals surface area contributed by atoms with E-state index in [0.717, 1.165) is 25.7 Å². The van der Waals surface area contributed by atoms with E-state index in [1.807, 2.05) is 0 Å². The van der Waals surface area contributed by atoms with E-state index >= 15 is 0 Å². The van der Waals surface area contributed by atoms with Gasteiger partial charge in [-0.2, -0.15) is 13.2 Å². The smallest absolute Gasteiger partial charge is 0.393 e. The van der Waals surface area contributed by atoms with E-state index in [0.29, 0.717) is 37.3 Å². The maximum atomic E-state index is 13.4. The maximum Gasteiger partial charge on any atom is 0.416 e. The number of halogens is 4. The number of likely N-dealkylation sites (tertiary alicyclic amines) is 1. The van der Waals surface area contributed by atoms with Gasteiger partial charge in [-0.25, -0.2) is 4.39 Å². The molecule has 1 saturated carbocycles. The largest absolute Gasteiger partial charge is 0.416 e. The molecule has 3 N–H and O–H groups in total. The van der Waals surface area contributed by atoms with Gasteiger partial charge in [-0.05, 0) is 43.9 Å². The zero-order valence-corrected chi connectivity index (χ0v) is 15.6. The Morgan fingerprint density at radius 3 is 2.38 bits per heavy atom. The number of hydrogen-bond acceptors (Lipinski definition) is 4. The molecular weight excluding hydrogens is 394 g/mol. The predicted molar refractivity (Wildman–Crippen MR) is 95.5 cm³/mol. The third-order valence-electron chi connectivity index (χ3n) is 5.35. The lowest BCUT2D eigenvalue weighted by atomic mass is 9.89. The van der Waals surface area contributed by atoms with Crippen molar-refractivity contribution in [3.63, 3.8) is 0 Å². The predicted octanol–water partition coefficient (Wildman–Crippen LogP) is 1.68. The monoisotopic (exact) mass is 417 g/mol. The summed E-state index contributed by atoms with van der Waals surface area (Å²) >= 11 is 0. The van der Waals surface area contributed by atoms with Crippen molar-refractivity contribution in [1.82, 2.24) is 15.5 Å². The molecule has 1 heterocycles. The normalized spacial score (nSPS) is 23.3. The van der Waals surface area contributed by atoms with Crippen LogP contribution in [0, 0.1) is 5.82 Å². The Bertz CT molecular complexity index is 758. The second-order valence-electron chi connectivity index (χ2n) is 7.59. The van der Waals surface area contributed by atoms with Gasteiger partial charge in [-0.15, -0.1) is 0 Å². The third-order valence-corrected chi connectivity index (χ3v) is 5.35. The lowest BCUT2D eigenvalue weighted by Gasteiger charge is -2.46. The molecule has 2 fully saturated rings. The first kappa shape index (κ1) is 21.5. The second-order valence-corrected chi connectivity index (χ2v) is 7.59. The molecule has 0 aromatic heterocycles. The molecule has 2 amide bonds. The molecule has 2 aliphatic rings. The van der Waals surface area contributed by atoms with Crippen molar-refractivity contribution in [3.05, 3.63) is 35.1 Å². The molecule has 0 unspecified atom stereocenters. The molecule has 0 bridgehead atoms. The third kappa shape index (κ3) is 5.66. The standard InChI is InChI=1S/C19H23F4N3O3/c20-13-6-11(5-12(7-13)19(21,22)23)18(29)24-8-17(28)25-14-9-26(10-14)15-1-3-16(27)4-2-15/h5-7,14-16,27H,1-4,8-10H2,(H,24,29)(H,25,28). The molecule has 1 aromatic carbocycles. The molecule has 0 radical (unpaired) electrons. The summed E-state index contributed by atoms with van der Waals surface area (Å²) in [6, 6.07) is 1.88. The molecule has 1 aliphatic carbocycles. The summed E-state index contributed by atoms with van der Waals surface area (Å²) in [5.41, 5.74) is -1.77. The summed E-state index contributed by atoms with van der Waals surface area (Å²) < 4.78 is 51.5. The van der Waals surface area contributed by atoms with Crippen LogP contribution in [-0.4, -0.2) is 59.6 Å². The van der Waals surface area contributed by atoms with Crippen LogP contribution in [0.1, 0.15) is 41.6 Å². The molecule has 3 rings (SSSR count). The Labute approximate surface area is 165 Å². The minimum Gasteiger partial charge on any atom is -0.393 e. The van der Waals surface area contributed by atoms with Crippen LogP contribution in [0.4, 0.5) is 17.6 Å². The maximum absolute atomic E-state index is 13.4. The second kappa shape index (κ2) is 8.66. The van der Waals surface area contributed by atoms with E-state index in [9.17, 15) is 32.3 Å². The van der Waals surface area contributed by atoms with E-state index in [2.05, 4.69) is 15.5 Å². The van der Waals surface area contributed by atoms with Crippen molar-refractivity contribution < 1.29 is 32.3 Å². The molecule has 6 nitrogen and oxygen atoms in total. The lowest BCUT2D eigenvalue weighted by molar-refractivity contribution is -0.137. The number of hydrogen-bond donors (Lipinski definition) is 3. The number of nitrogens with one attached hydrogen (secondary N) is 2. The van der Waals surface area contributed by atoms with Crippen molar-refractivity contribution in [3.8, 4) is 0 Å². The summed E-state index contributed by atoms with van der Waals surface area (Å²) in [7, 11) is 0. The summed E-state index contributed by atoms with van der Waals surface area (Å²) in [5, 5.41) is 14.5. The first-order valence-electron chi connectivity index (χ1n) is 9.49. The minimum atomic E-state index is -4.78. The van der Waals surface area contributed by atoms with Gasteiger partial charge in [0, 0.05) is 24.7 Å². The van der Waals surface area contributed by atoms with Crippen LogP contribution < -0.4 is 10.6 Å². The van der Waals surface area contributed by atoms with E-state index < -0.39 is 41.5 Å². The molecule has 160 valence electrons. The van der Waals surface area contributed by atoms with Crippen LogP contribution in [0.2, 0.25) is 0 Å². The van der Waals surface area contributed by atoms with Crippen LogP contribution in [0.5, 0.6) is 0 Å². The average molecular weight is 417 g/mol. The quantitative estimate of drug-likeness (QED) is 0.637. The average Bonchev–Trinajstić information content (AvgIpc) is 2.62.